The number of rotatable bonds is 4. The van der Waals surface area contributed by atoms with E-state index in [1.165, 1.54) is 0 Å². The number of aliphatic imine (C=N–C) groups is 1. The van der Waals surface area contributed by atoms with E-state index in [-0.39, 0.29) is 0 Å². The van der Waals surface area contributed by atoms with Gasteiger partial charge in [0.15, 0.2) is 5.96 Å². The number of nitrogens with one attached hydrogen (secondary N) is 3. The zero-order chi connectivity index (χ0) is 12.1. The Labute approximate surface area is 105 Å². The maximum Gasteiger partial charge on any atom is 0.226 e. The van der Waals surface area contributed by atoms with Crippen molar-refractivity contribution in [2.75, 3.05) is 30.3 Å². The summed E-state index contributed by atoms with van der Waals surface area (Å²) in [4.78, 5) is 12.6. The van der Waals surface area contributed by atoms with Gasteiger partial charge in [-0.3, -0.25) is 4.99 Å². The molecular formula is C10H15ClN6. The van der Waals surface area contributed by atoms with Gasteiger partial charge in [0.1, 0.15) is 11.0 Å². The Balaban J connectivity index is 2.07. The summed E-state index contributed by atoms with van der Waals surface area (Å²) in [5.74, 6) is 1.89. The van der Waals surface area contributed by atoms with Crippen LogP contribution in [0.2, 0.25) is 5.15 Å². The van der Waals surface area contributed by atoms with Crippen molar-refractivity contribution in [1.29, 1.82) is 0 Å². The molecule has 0 atom stereocenters. The van der Waals surface area contributed by atoms with Crippen LogP contribution in [0.4, 0.5) is 11.8 Å². The lowest BCUT2D eigenvalue weighted by Gasteiger charge is -2.08. The second-order valence-electron chi connectivity index (χ2n) is 3.61. The van der Waals surface area contributed by atoms with Gasteiger partial charge in [0.2, 0.25) is 5.95 Å². The minimum atomic E-state index is 0.403. The summed E-state index contributed by atoms with van der Waals surface area (Å²) < 4.78 is 0. The molecule has 0 unspecified atom stereocenters. The van der Waals surface area contributed by atoms with Gasteiger partial charge < -0.3 is 16.0 Å². The lowest BCUT2D eigenvalue weighted by molar-refractivity contribution is 0.951. The molecule has 0 aliphatic carbocycles. The summed E-state index contributed by atoms with van der Waals surface area (Å²) in [7, 11) is 0. The van der Waals surface area contributed by atoms with Crippen LogP contribution in [0.1, 0.15) is 13.3 Å². The van der Waals surface area contributed by atoms with Crippen LogP contribution in [-0.2, 0) is 0 Å². The summed E-state index contributed by atoms with van der Waals surface area (Å²) in [6, 6.07) is 1.67. The molecule has 3 N–H and O–H groups in total. The zero-order valence-electron chi connectivity index (χ0n) is 9.63. The predicted molar refractivity (Wildman–Crippen MR) is 69.8 cm³/mol. The van der Waals surface area contributed by atoms with E-state index < -0.39 is 0 Å². The van der Waals surface area contributed by atoms with Crippen molar-refractivity contribution in [3.05, 3.63) is 11.2 Å². The fourth-order valence-corrected chi connectivity index (χ4v) is 1.58. The maximum atomic E-state index is 5.92. The first-order valence-corrected chi connectivity index (χ1v) is 5.99. The van der Waals surface area contributed by atoms with E-state index >= 15 is 0 Å². The van der Waals surface area contributed by atoms with E-state index in [4.69, 9.17) is 11.6 Å². The Bertz CT molecular complexity index is 419. The average Bonchev–Trinajstić information content (AvgIpc) is 2.78. The van der Waals surface area contributed by atoms with Gasteiger partial charge in [0.25, 0.3) is 0 Å². The van der Waals surface area contributed by atoms with E-state index in [0.717, 1.165) is 32.0 Å². The number of guanidine groups is 1. The number of nitrogens with zero attached hydrogens (tertiary/aromatic N) is 3. The highest BCUT2D eigenvalue weighted by Crippen LogP contribution is 2.14. The fourth-order valence-electron chi connectivity index (χ4n) is 1.40. The molecule has 1 aromatic heterocycles. The number of halogens is 1. The van der Waals surface area contributed by atoms with Gasteiger partial charge in [-0.15, -0.1) is 0 Å². The quantitative estimate of drug-likeness (QED) is 0.707. The molecule has 1 aromatic rings. The summed E-state index contributed by atoms with van der Waals surface area (Å²) in [6.07, 6.45) is 1.01. The molecule has 0 bridgehead atoms. The highest BCUT2D eigenvalue weighted by molar-refractivity contribution is 6.29. The summed E-state index contributed by atoms with van der Waals surface area (Å²) in [5.41, 5.74) is 0. The second kappa shape index (κ2) is 5.67. The number of hydrogen-bond acceptors (Lipinski definition) is 6. The summed E-state index contributed by atoms with van der Waals surface area (Å²) in [5, 5.41) is 9.66. The van der Waals surface area contributed by atoms with Crippen molar-refractivity contribution >= 4 is 29.3 Å². The number of anilines is 2. The van der Waals surface area contributed by atoms with Gasteiger partial charge in [0, 0.05) is 19.2 Å². The van der Waals surface area contributed by atoms with Crippen LogP contribution in [0.3, 0.4) is 0 Å². The number of aromatic nitrogens is 2. The molecule has 0 aromatic carbocycles. The average molecular weight is 255 g/mol. The van der Waals surface area contributed by atoms with Crippen molar-refractivity contribution in [1.82, 2.24) is 15.3 Å². The van der Waals surface area contributed by atoms with Crippen molar-refractivity contribution in [2.45, 2.75) is 13.3 Å². The van der Waals surface area contributed by atoms with Crippen molar-refractivity contribution in [2.24, 2.45) is 4.99 Å². The first-order valence-electron chi connectivity index (χ1n) is 5.61. The molecule has 92 valence electrons. The number of hydrogen-bond donors (Lipinski definition) is 3. The normalized spacial score (nSPS) is 14.1. The Morgan fingerprint density at radius 3 is 3.06 bits per heavy atom. The third kappa shape index (κ3) is 3.45. The Morgan fingerprint density at radius 2 is 2.35 bits per heavy atom. The molecule has 1 aliphatic rings. The van der Waals surface area contributed by atoms with E-state index in [1.807, 2.05) is 0 Å². The van der Waals surface area contributed by atoms with Crippen molar-refractivity contribution in [3.63, 3.8) is 0 Å². The van der Waals surface area contributed by atoms with E-state index in [9.17, 15) is 0 Å². The third-order valence-electron chi connectivity index (χ3n) is 2.15. The molecule has 17 heavy (non-hydrogen) atoms. The van der Waals surface area contributed by atoms with E-state index in [0.29, 0.717) is 16.9 Å². The lowest BCUT2D eigenvalue weighted by atomic mass is 10.5. The monoisotopic (exact) mass is 254 g/mol. The molecule has 0 amide bonds. The van der Waals surface area contributed by atoms with Crippen LogP contribution in [0.5, 0.6) is 0 Å². The molecule has 0 radical (unpaired) electrons. The maximum absolute atomic E-state index is 5.92. The molecule has 0 saturated heterocycles. The van der Waals surface area contributed by atoms with Gasteiger partial charge in [0.05, 0.1) is 6.54 Å². The summed E-state index contributed by atoms with van der Waals surface area (Å²) in [6.45, 7) is 4.52. The Kier molecular flexibility index (Phi) is 3.98. The van der Waals surface area contributed by atoms with Crippen LogP contribution >= 0.6 is 11.6 Å². The summed E-state index contributed by atoms with van der Waals surface area (Å²) >= 11 is 5.92. The largest absolute Gasteiger partial charge is 0.354 e. The molecule has 2 heterocycles. The van der Waals surface area contributed by atoms with Crippen LogP contribution in [0.15, 0.2) is 11.1 Å². The van der Waals surface area contributed by atoms with Gasteiger partial charge in [-0.1, -0.05) is 18.5 Å². The second-order valence-corrected chi connectivity index (χ2v) is 4.00. The van der Waals surface area contributed by atoms with Gasteiger partial charge >= 0.3 is 0 Å². The Morgan fingerprint density at radius 1 is 1.47 bits per heavy atom. The first kappa shape index (κ1) is 11.9. The Hall–Kier alpha value is -1.56. The molecular weight excluding hydrogens is 240 g/mol. The standard InChI is InChI=1S/C10H15ClN6/c1-2-3-12-10-15-7(11)6-8(17-10)16-9-13-4-5-14-9/h6H,2-5H2,1H3,(H3,12,13,14,15,16,17). The smallest absolute Gasteiger partial charge is 0.226 e. The molecule has 0 spiro atoms. The van der Waals surface area contributed by atoms with E-state index in [1.54, 1.807) is 6.07 Å². The van der Waals surface area contributed by atoms with E-state index in [2.05, 4.69) is 37.8 Å². The SMILES string of the molecule is CCCNc1nc(Cl)cc(NC2=NCCN2)n1. The minimum Gasteiger partial charge on any atom is -0.354 e. The first-order chi connectivity index (χ1) is 8.28. The lowest BCUT2D eigenvalue weighted by Crippen LogP contribution is -2.26. The van der Waals surface area contributed by atoms with Crippen LogP contribution < -0.4 is 16.0 Å². The van der Waals surface area contributed by atoms with Crippen LogP contribution in [-0.4, -0.2) is 35.6 Å². The molecule has 0 saturated carbocycles. The molecule has 1 aliphatic heterocycles. The molecule has 7 heteroatoms. The van der Waals surface area contributed by atoms with Gasteiger partial charge in [-0.05, 0) is 6.42 Å². The van der Waals surface area contributed by atoms with Gasteiger partial charge in [-0.25, -0.2) is 4.98 Å². The molecule has 2 rings (SSSR count). The van der Waals surface area contributed by atoms with Crippen LogP contribution in [0.25, 0.3) is 0 Å². The van der Waals surface area contributed by atoms with Crippen molar-refractivity contribution < 1.29 is 0 Å². The highest BCUT2D eigenvalue weighted by Gasteiger charge is 2.08. The zero-order valence-corrected chi connectivity index (χ0v) is 10.4. The molecule has 6 nitrogen and oxygen atoms in total. The highest BCUT2D eigenvalue weighted by atomic mass is 35.5. The van der Waals surface area contributed by atoms with Crippen molar-refractivity contribution in [3.8, 4) is 0 Å². The topological polar surface area (TPSA) is 74.2 Å². The predicted octanol–water partition coefficient (Wildman–Crippen LogP) is 1.32. The fraction of sp³-hybridized carbons (Fsp3) is 0.500. The van der Waals surface area contributed by atoms with Gasteiger partial charge in [-0.2, -0.15) is 4.98 Å². The minimum absolute atomic E-state index is 0.403. The third-order valence-corrected chi connectivity index (χ3v) is 2.34. The van der Waals surface area contributed by atoms with Crippen LogP contribution in [0, 0.1) is 0 Å². The molecule has 0 fully saturated rings.